The number of sulfonamides is 1. The predicted molar refractivity (Wildman–Crippen MR) is 112 cm³/mol. The number of benzene rings is 1. The second-order valence-corrected chi connectivity index (χ2v) is 11.0. The van der Waals surface area contributed by atoms with Crippen LogP contribution in [-0.2, 0) is 10.0 Å². The van der Waals surface area contributed by atoms with Crippen molar-refractivity contribution in [3.8, 4) is 0 Å². The molecular formula is C21H30N2O3S2. The van der Waals surface area contributed by atoms with Crippen molar-refractivity contribution in [3.63, 3.8) is 0 Å². The van der Waals surface area contributed by atoms with Crippen LogP contribution in [0.2, 0.25) is 0 Å². The summed E-state index contributed by atoms with van der Waals surface area (Å²) in [5, 5.41) is 0. The van der Waals surface area contributed by atoms with Gasteiger partial charge in [-0.15, -0.1) is 11.8 Å². The number of amides is 1. The fraction of sp³-hybridized carbons (Fsp3) is 0.667. The van der Waals surface area contributed by atoms with Crippen molar-refractivity contribution >= 4 is 27.7 Å². The fourth-order valence-corrected chi connectivity index (χ4v) is 7.04. The molecule has 1 N–H and O–H groups in total. The number of nitrogens with one attached hydrogen (secondary N) is 1. The molecule has 1 aromatic rings. The van der Waals surface area contributed by atoms with E-state index in [0.717, 1.165) is 62.9 Å². The molecule has 1 saturated heterocycles. The first-order valence-corrected chi connectivity index (χ1v) is 13.2. The van der Waals surface area contributed by atoms with Gasteiger partial charge in [-0.2, -0.15) is 0 Å². The van der Waals surface area contributed by atoms with Gasteiger partial charge in [-0.1, -0.05) is 19.3 Å². The molecule has 0 aromatic heterocycles. The number of nitrogens with zero attached hydrogens (tertiary/aromatic N) is 1. The standard InChI is InChI=1S/C21H30N2O3S2/c1-27-20-9-8-17(14-18(20)21(24)23-10-4-2-3-5-11-23)28(25,26)22-19-13-15-6-7-16(19)12-15/h8-9,14-16,19,22H,2-7,10-13H2,1H3/t15-,16-,19+/m0/s1. The molecule has 2 bridgehead atoms. The molecule has 1 heterocycles. The van der Waals surface area contributed by atoms with Crippen LogP contribution in [0, 0.1) is 11.8 Å². The van der Waals surface area contributed by atoms with E-state index in [-0.39, 0.29) is 16.8 Å². The van der Waals surface area contributed by atoms with Crippen LogP contribution in [-0.4, -0.2) is 44.6 Å². The second kappa shape index (κ2) is 8.36. The van der Waals surface area contributed by atoms with Gasteiger partial charge in [0.2, 0.25) is 10.0 Å². The van der Waals surface area contributed by atoms with Crippen molar-refractivity contribution in [1.82, 2.24) is 9.62 Å². The van der Waals surface area contributed by atoms with Crippen molar-refractivity contribution in [2.45, 2.75) is 67.2 Å². The van der Waals surface area contributed by atoms with Crippen molar-refractivity contribution in [2.75, 3.05) is 19.3 Å². The van der Waals surface area contributed by atoms with Crippen LogP contribution in [0.1, 0.15) is 61.7 Å². The molecule has 0 unspecified atom stereocenters. The Balaban J connectivity index is 1.57. The lowest BCUT2D eigenvalue weighted by molar-refractivity contribution is 0.0758. The molecule has 3 atom stereocenters. The third-order valence-electron chi connectivity index (χ3n) is 6.65. The number of likely N-dealkylation sites (tertiary alicyclic amines) is 1. The smallest absolute Gasteiger partial charge is 0.255 e. The molecule has 1 aromatic carbocycles. The van der Waals surface area contributed by atoms with Crippen molar-refractivity contribution < 1.29 is 13.2 Å². The third-order valence-corrected chi connectivity index (χ3v) is 8.93. The van der Waals surface area contributed by atoms with Crippen LogP contribution in [0.5, 0.6) is 0 Å². The number of carbonyl (C=O) groups excluding carboxylic acids is 1. The summed E-state index contributed by atoms with van der Waals surface area (Å²) in [6, 6.07) is 5.06. The van der Waals surface area contributed by atoms with Gasteiger partial charge < -0.3 is 4.90 Å². The molecule has 0 spiro atoms. The Kier molecular flexibility index (Phi) is 6.04. The normalized spacial score (nSPS) is 27.8. The third kappa shape index (κ3) is 4.12. The first kappa shape index (κ1) is 20.2. The molecule has 0 radical (unpaired) electrons. The molecule has 1 aliphatic heterocycles. The minimum atomic E-state index is -3.62. The Labute approximate surface area is 172 Å². The van der Waals surface area contributed by atoms with Crippen LogP contribution in [0.4, 0.5) is 0 Å². The van der Waals surface area contributed by atoms with Gasteiger partial charge in [-0.3, -0.25) is 4.79 Å². The summed E-state index contributed by atoms with van der Waals surface area (Å²) < 4.78 is 29.0. The van der Waals surface area contributed by atoms with Gasteiger partial charge >= 0.3 is 0 Å². The summed E-state index contributed by atoms with van der Waals surface area (Å²) in [6.45, 7) is 1.51. The minimum Gasteiger partial charge on any atom is -0.339 e. The zero-order valence-electron chi connectivity index (χ0n) is 16.5. The molecule has 2 saturated carbocycles. The van der Waals surface area contributed by atoms with E-state index in [0.29, 0.717) is 17.4 Å². The lowest BCUT2D eigenvalue weighted by Crippen LogP contribution is -2.38. The highest BCUT2D eigenvalue weighted by molar-refractivity contribution is 7.98. The van der Waals surface area contributed by atoms with Gasteiger partial charge in [0.15, 0.2) is 0 Å². The van der Waals surface area contributed by atoms with Crippen LogP contribution >= 0.6 is 11.8 Å². The van der Waals surface area contributed by atoms with E-state index in [1.165, 1.54) is 18.2 Å². The number of carbonyl (C=O) groups is 1. The molecule has 7 heteroatoms. The number of thioether (sulfide) groups is 1. The first-order valence-electron chi connectivity index (χ1n) is 10.5. The Morgan fingerprint density at radius 1 is 1.11 bits per heavy atom. The van der Waals surface area contributed by atoms with E-state index >= 15 is 0 Å². The van der Waals surface area contributed by atoms with E-state index in [2.05, 4.69) is 4.72 Å². The zero-order valence-corrected chi connectivity index (χ0v) is 18.2. The fourth-order valence-electron chi connectivity index (χ4n) is 5.12. The average Bonchev–Trinajstić information content (AvgIpc) is 3.19. The van der Waals surface area contributed by atoms with E-state index in [4.69, 9.17) is 0 Å². The molecule has 3 fully saturated rings. The monoisotopic (exact) mass is 422 g/mol. The highest BCUT2D eigenvalue weighted by Gasteiger charge is 2.41. The van der Waals surface area contributed by atoms with Crippen LogP contribution in [0.15, 0.2) is 28.0 Å². The lowest BCUT2D eigenvalue weighted by Gasteiger charge is -2.24. The molecule has 3 aliphatic rings. The number of rotatable bonds is 5. The summed E-state index contributed by atoms with van der Waals surface area (Å²) in [5.74, 6) is 1.11. The summed E-state index contributed by atoms with van der Waals surface area (Å²) >= 11 is 1.49. The Bertz CT molecular complexity index is 832. The second-order valence-electron chi connectivity index (χ2n) is 8.47. The summed E-state index contributed by atoms with van der Waals surface area (Å²) in [5.41, 5.74) is 0.519. The maximum atomic E-state index is 13.2. The Morgan fingerprint density at radius 3 is 2.46 bits per heavy atom. The van der Waals surface area contributed by atoms with Gasteiger partial charge in [-0.25, -0.2) is 13.1 Å². The van der Waals surface area contributed by atoms with Crippen molar-refractivity contribution in [3.05, 3.63) is 23.8 Å². The minimum absolute atomic E-state index is 0.0387. The van der Waals surface area contributed by atoms with Gasteiger partial charge in [-0.05, 0) is 68.4 Å². The predicted octanol–water partition coefficient (Wildman–Crippen LogP) is 3.89. The van der Waals surface area contributed by atoms with Crippen molar-refractivity contribution in [1.29, 1.82) is 0 Å². The Morgan fingerprint density at radius 2 is 1.86 bits per heavy atom. The van der Waals surface area contributed by atoms with Crippen LogP contribution in [0.3, 0.4) is 0 Å². The van der Waals surface area contributed by atoms with E-state index in [9.17, 15) is 13.2 Å². The molecule has 154 valence electrons. The number of fused-ring (bicyclic) bond motifs is 2. The first-order chi connectivity index (χ1) is 13.5. The maximum absolute atomic E-state index is 13.2. The Hall–Kier alpha value is -1.05. The largest absolute Gasteiger partial charge is 0.339 e. The molecular weight excluding hydrogens is 392 g/mol. The topological polar surface area (TPSA) is 66.5 Å². The zero-order chi connectivity index (χ0) is 19.7. The highest BCUT2D eigenvalue weighted by atomic mass is 32.2. The van der Waals surface area contributed by atoms with E-state index in [1.807, 2.05) is 11.2 Å². The highest BCUT2D eigenvalue weighted by Crippen LogP contribution is 2.44. The van der Waals surface area contributed by atoms with E-state index < -0.39 is 10.0 Å². The van der Waals surface area contributed by atoms with Gasteiger partial charge in [0, 0.05) is 24.0 Å². The average molecular weight is 423 g/mol. The van der Waals surface area contributed by atoms with E-state index in [1.54, 1.807) is 18.2 Å². The quantitative estimate of drug-likeness (QED) is 0.731. The van der Waals surface area contributed by atoms with Gasteiger partial charge in [0.05, 0.1) is 10.5 Å². The molecule has 5 nitrogen and oxygen atoms in total. The SMILES string of the molecule is CSc1ccc(S(=O)(=O)N[C@@H]2C[C@H]3CC[C@H]2C3)cc1C(=O)N1CCCCCC1. The van der Waals surface area contributed by atoms with Gasteiger partial charge in [0.1, 0.15) is 0 Å². The summed E-state index contributed by atoms with van der Waals surface area (Å²) in [4.78, 5) is 16.1. The number of hydrogen-bond donors (Lipinski definition) is 1. The summed E-state index contributed by atoms with van der Waals surface area (Å²) in [7, 11) is -3.62. The van der Waals surface area contributed by atoms with Crippen LogP contribution < -0.4 is 4.72 Å². The van der Waals surface area contributed by atoms with Crippen LogP contribution in [0.25, 0.3) is 0 Å². The van der Waals surface area contributed by atoms with Gasteiger partial charge in [0.25, 0.3) is 5.91 Å². The molecule has 4 rings (SSSR count). The number of hydrogen-bond acceptors (Lipinski definition) is 4. The summed E-state index contributed by atoms with van der Waals surface area (Å²) in [6.07, 6.45) is 10.7. The molecule has 1 amide bonds. The molecule has 2 aliphatic carbocycles. The maximum Gasteiger partial charge on any atom is 0.255 e. The van der Waals surface area contributed by atoms with Crippen molar-refractivity contribution in [2.24, 2.45) is 11.8 Å². The lowest BCUT2D eigenvalue weighted by atomic mass is 9.96. The molecule has 28 heavy (non-hydrogen) atoms.